The molecular formula is C11H13N3O2. The molecule has 0 aliphatic rings. The molecule has 0 saturated heterocycles. The van der Waals surface area contributed by atoms with Crippen molar-refractivity contribution in [1.82, 2.24) is 9.61 Å². The van der Waals surface area contributed by atoms with Gasteiger partial charge in [-0.2, -0.15) is 5.10 Å². The maximum Gasteiger partial charge on any atom is 0.304 e. The van der Waals surface area contributed by atoms with Crippen molar-refractivity contribution in [2.75, 3.05) is 6.54 Å². The summed E-state index contributed by atoms with van der Waals surface area (Å²) < 4.78 is 1.72. The Morgan fingerprint density at radius 2 is 2.38 bits per heavy atom. The fourth-order valence-electron chi connectivity index (χ4n) is 1.80. The lowest BCUT2D eigenvalue weighted by molar-refractivity contribution is -0.137. The predicted octanol–water partition coefficient (Wildman–Crippen LogP) is 0.851. The van der Waals surface area contributed by atoms with Gasteiger partial charge in [0.05, 0.1) is 18.1 Å². The second-order valence-electron chi connectivity index (χ2n) is 3.66. The molecule has 0 fully saturated rings. The lowest BCUT2D eigenvalue weighted by Crippen LogP contribution is -2.16. The van der Waals surface area contributed by atoms with Crippen LogP contribution in [-0.4, -0.2) is 27.2 Å². The number of fused-ring (bicyclic) bond motifs is 1. The molecule has 2 aromatic heterocycles. The Hall–Kier alpha value is -1.88. The first-order valence-electron chi connectivity index (χ1n) is 5.06. The van der Waals surface area contributed by atoms with Crippen molar-refractivity contribution in [1.29, 1.82) is 0 Å². The third kappa shape index (κ3) is 1.90. The maximum absolute atomic E-state index is 10.7. The van der Waals surface area contributed by atoms with Gasteiger partial charge < -0.3 is 10.8 Å². The van der Waals surface area contributed by atoms with Crippen molar-refractivity contribution in [2.45, 2.75) is 12.3 Å². The fourth-order valence-corrected chi connectivity index (χ4v) is 1.80. The summed E-state index contributed by atoms with van der Waals surface area (Å²) in [7, 11) is 0. The molecule has 0 radical (unpaired) electrons. The molecule has 0 amide bonds. The molecule has 2 rings (SSSR count). The topological polar surface area (TPSA) is 80.6 Å². The van der Waals surface area contributed by atoms with Crippen LogP contribution in [0.2, 0.25) is 0 Å². The Labute approximate surface area is 92.5 Å². The number of nitrogens with zero attached hydrogens (tertiary/aromatic N) is 2. The molecule has 0 aromatic carbocycles. The number of nitrogens with two attached hydrogens (primary N) is 1. The summed E-state index contributed by atoms with van der Waals surface area (Å²) >= 11 is 0. The first kappa shape index (κ1) is 10.6. The zero-order valence-electron chi connectivity index (χ0n) is 8.71. The van der Waals surface area contributed by atoms with Gasteiger partial charge in [0.2, 0.25) is 0 Å². The largest absolute Gasteiger partial charge is 0.481 e. The van der Waals surface area contributed by atoms with Crippen molar-refractivity contribution in [3.05, 3.63) is 36.2 Å². The van der Waals surface area contributed by atoms with Gasteiger partial charge in [0.15, 0.2) is 0 Å². The van der Waals surface area contributed by atoms with Gasteiger partial charge in [-0.1, -0.05) is 6.07 Å². The van der Waals surface area contributed by atoms with Crippen LogP contribution in [0.15, 0.2) is 30.6 Å². The normalized spacial score (nSPS) is 12.8. The number of carboxylic acids is 1. The number of carboxylic acid groups (broad SMARTS) is 1. The standard InChI is InChI=1S/C11H13N3O2/c12-6-8(5-11(15)16)9-7-13-14-4-2-1-3-10(9)14/h1-4,7-8H,5-6,12H2,(H,15,16). The van der Waals surface area contributed by atoms with E-state index in [2.05, 4.69) is 5.10 Å². The molecule has 16 heavy (non-hydrogen) atoms. The van der Waals surface area contributed by atoms with Gasteiger partial charge in [-0.15, -0.1) is 0 Å². The monoisotopic (exact) mass is 219 g/mol. The van der Waals surface area contributed by atoms with E-state index >= 15 is 0 Å². The first-order chi connectivity index (χ1) is 7.72. The van der Waals surface area contributed by atoms with Crippen LogP contribution in [-0.2, 0) is 4.79 Å². The summed E-state index contributed by atoms with van der Waals surface area (Å²) in [4.78, 5) is 10.7. The van der Waals surface area contributed by atoms with E-state index < -0.39 is 5.97 Å². The molecule has 5 nitrogen and oxygen atoms in total. The highest BCUT2D eigenvalue weighted by Crippen LogP contribution is 2.22. The van der Waals surface area contributed by atoms with E-state index in [-0.39, 0.29) is 12.3 Å². The second kappa shape index (κ2) is 4.32. The highest BCUT2D eigenvalue weighted by atomic mass is 16.4. The molecule has 0 saturated carbocycles. The van der Waals surface area contributed by atoms with Crippen LogP contribution >= 0.6 is 0 Å². The van der Waals surface area contributed by atoms with Crippen LogP contribution in [0.3, 0.4) is 0 Å². The summed E-state index contributed by atoms with van der Waals surface area (Å²) in [5.41, 5.74) is 7.41. The van der Waals surface area contributed by atoms with E-state index in [9.17, 15) is 4.79 Å². The molecule has 5 heteroatoms. The molecule has 3 N–H and O–H groups in total. The Morgan fingerprint density at radius 3 is 3.06 bits per heavy atom. The minimum Gasteiger partial charge on any atom is -0.481 e. The van der Waals surface area contributed by atoms with Crippen LogP contribution in [0.1, 0.15) is 17.9 Å². The van der Waals surface area contributed by atoms with Crippen LogP contribution in [0.25, 0.3) is 5.52 Å². The highest BCUT2D eigenvalue weighted by molar-refractivity contribution is 5.69. The van der Waals surface area contributed by atoms with E-state index in [1.807, 2.05) is 24.4 Å². The minimum atomic E-state index is -0.842. The number of rotatable bonds is 4. The van der Waals surface area contributed by atoms with Gasteiger partial charge in [0.25, 0.3) is 0 Å². The third-order valence-corrected chi connectivity index (χ3v) is 2.60. The quantitative estimate of drug-likeness (QED) is 0.798. The smallest absolute Gasteiger partial charge is 0.304 e. The molecule has 1 atom stereocenters. The van der Waals surface area contributed by atoms with Crippen molar-refractivity contribution < 1.29 is 9.90 Å². The summed E-state index contributed by atoms with van der Waals surface area (Å²) in [6.07, 6.45) is 3.55. The van der Waals surface area contributed by atoms with Gasteiger partial charge >= 0.3 is 5.97 Å². The van der Waals surface area contributed by atoms with Crippen molar-refractivity contribution in [3.8, 4) is 0 Å². The highest BCUT2D eigenvalue weighted by Gasteiger charge is 2.17. The number of aromatic nitrogens is 2. The van der Waals surface area contributed by atoms with E-state index in [1.165, 1.54) is 0 Å². The lowest BCUT2D eigenvalue weighted by atomic mass is 9.97. The van der Waals surface area contributed by atoms with Crippen molar-refractivity contribution in [3.63, 3.8) is 0 Å². The van der Waals surface area contributed by atoms with E-state index in [0.717, 1.165) is 11.1 Å². The maximum atomic E-state index is 10.7. The van der Waals surface area contributed by atoms with Crippen LogP contribution < -0.4 is 5.73 Å². The van der Waals surface area contributed by atoms with E-state index in [4.69, 9.17) is 10.8 Å². The van der Waals surface area contributed by atoms with Gasteiger partial charge in [-0.25, -0.2) is 4.52 Å². The molecule has 0 aliphatic heterocycles. The number of pyridine rings is 1. The average molecular weight is 219 g/mol. The molecule has 2 aromatic rings. The van der Waals surface area contributed by atoms with Crippen LogP contribution in [0, 0.1) is 0 Å². The molecule has 2 heterocycles. The minimum absolute atomic E-state index is 0.0345. The third-order valence-electron chi connectivity index (χ3n) is 2.60. The van der Waals surface area contributed by atoms with E-state index in [0.29, 0.717) is 6.54 Å². The van der Waals surface area contributed by atoms with Gasteiger partial charge in [-0.3, -0.25) is 4.79 Å². The Bertz CT molecular complexity index is 507. The Kier molecular flexibility index (Phi) is 2.87. The summed E-state index contributed by atoms with van der Waals surface area (Å²) in [6, 6.07) is 5.68. The molecule has 84 valence electrons. The van der Waals surface area contributed by atoms with Gasteiger partial charge in [0, 0.05) is 17.7 Å². The lowest BCUT2D eigenvalue weighted by Gasteiger charge is -2.10. The van der Waals surface area contributed by atoms with Crippen molar-refractivity contribution in [2.24, 2.45) is 5.73 Å². The number of hydrogen-bond donors (Lipinski definition) is 2. The van der Waals surface area contributed by atoms with Crippen molar-refractivity contribution >= 4 is 11.5 Å². The summed E-state index contributed by atoms with van der Waals surface area (Å²) in [6.45, 7) is 0.308. The Morgan fingerprint density at radius 1 is 1.56 bits per heavy atom. The molecule has 0 aliphatic carbocycles. The SMILES string of the molecule is NCC(CC(=O)O)c1cnn2ccccc12. The van der Waals surface area contributed by atoms with Crippen LogP contribution in [0.4, 0.5) is 0 Å². The molecule has 0 spiro atoms. The van der Waals surface area contributed by atoms with Crippen LogP contribution in [0.5, 0.6) is 0 Å². The zero-order valence-corrected chi connectivity index (χ0v) is 8.71. The average Bonchev–Trinajstić information content (AvgIpc) is 2.69. The molecule has 0 bridgehead atoms. The zero-order chi connectivity index (χ0) is 11.5. The number of aliphatic carboxylic acids is 1. The summed E-state index contributed by atoms with van der Waals surface area (Å²) in [5.74, 6) is -1.02. The van der Waals surface area contributed by atoms with Gasteiger partial charge in [0.1, 0.15) is 0 Å². The first-order valence-corrected chi connectivity index (χ1v) is 5.06. The Balaban J connectivity index is 2.41. The fraction of sp³-hybridized carbons (Fsp3) is 0.273. The summed E-state index contributed by atoms with van der Waals surface area (Å²) in [5, 5.41) is 13.0. The van der Waals surface area contributed by atoms with E-state index in [1.54, 1.807) is 10.7 Å². The number of hydrogen-bond acceptors (Lipinski definition) is 3. The predicted molar refractivity (Wildman–Crippen MR) is 59.2 cm³/mol. The van der Waals surface area contributed by atoms with Gasteiger partial charge in [-0.05, 0) is 18.7 Å². The number of carbonyl (C=O) groups is 1. The molecular weight excluding hydrogens is 206 g/mol. The molecule has 1 unspecified atom stereocenters. The second-order valence-corrected chi connectivity index (χ2v) is 3.66.